The van der Waals surface area contributed by atoms with Gasteiger partial charge < -0.3 is 15.5 Å². The number of aliphatic hydroxyl groups is 1. The first-order chi connectivity index (χ1) is 9.04. The van der Waals surface area contributed by atoms with Crippen molar-refractivity contribution in [2.45, 2.75) is 44.7 Å². The minimum Gasteiger partial charge on any atom is -0.476 e. The maximum Gasteiger partial charge on any atom is 0.365 e. The number of hydrogen-bond acceptors (Lipinski definition) is 5. The third-order valence-electron chi connectivity index (χ3n) is 3.91. The van der Waals surface area contributed by atoms with E-state index in [4.69, 9.17) is 5.11 Å². The summed E-state index contributed by atoms with van der Waals surface area (Å²) >= 11 is 1.14. The molecule has 2 rings (SSSR count). The van der Waals surface area contributed by atoms with Gasteiger partial charge in [-0.25, -0.2) is 9.78 Å². The summed E-state index contributed by atoms with van der Waals surface area (Å²) < 4.78 is 0. The maximum atomic E-state index is 10.8. The summed E-state index contributed by atoms with van der Waals surface area (Å²) in [5, 5.41) is 23.7. The normalized spacial score (nSPS) is 27.4. The number of nitrogens with zero attached hydrogens (tertiary/aromatic N) is 1. The number of hydrogen-bond donors (Lipinski definition) is 3. The fraction of sp³-hybridized carbons (Fsp3) is 0.692. The first-order valence-electron chi connectivity index (χ1n) is 6.58. The molecule has 0 radical (unpaired) electrons. The highest BCUT2D eigenvalue weighted by molar-refractivity contribution is 7.11. The lowest BCUT2D eigenvalue weighted by molar-refractivity contribution is 0.0696. The van der Waals surface area contributed by atoms with Crippen LogP contribution in [0.3, 0.4) is 0 Å². The molecule has 106 valence electrons. The van der Waals surface area contributed by atoms with Gasteiger partial charge in [0.05, 0.1) is 12.3 Å². The van der Waals surface area contributed by atoms with Crippen molar-refractivity contribution < 1.29 is 15.0 Å². The number of aromatic nitrogens is 1. The molecule has 3 N–H and O–H groups in total. The van der Waals surface area contributed by atoms with Gasteiger partial charge in [-0.15, -0.1) is 11.3 Å². The zero-order valence-electron chi connectivity index (χ0n) is 11.1. The van der Waals surface area contributed by atoms with Crippen LogP contribution in [-0.4, -0.2) is 33.3 Å². The average Bonchev–Trinajstić information content (AvgIpc) is 2.88. The van der Waals surface area contributed by atoms with E-state index >= 15 is 0 Å². The van der Waals surface area contributed by atoms with Gasteiger partial charge in [-0.05, 0) is 31.6 Å². The molecule has 0 spiro atoms. The first kappa shape index (κ1) is 14.4. The van der Waals surface area contributed by atoms with Crippen LogP contribution in [0.4, 0.5) is 0 Å². The lowest BCUT2D eigenvalue weighted by Gasteiger charge is -2.38. The Labute approximate surface area is 116 Å². The Balaban J connectivity index is 1.93. The fourth-order valence-corrected chi connectivity index (χ4v) is 3.12. The molecule has 0 aromatic carbocycles. The van der Waals surface area contributed by atoms with Crippen molar-refractivity contribution in [3.8, 4) is 0 Å². The molecule has 1 aromatic rings. The second-order valence-electron chi connectivity index (χ2n) is 5.42. The second-order valence-corrected chi connectivity index (χ2v) is 6.28. The third-order valence-corrected chi connectivity index (χ3v) is 4.79. The van der Waals surface area contributed by atoms with Crippen LogP contribution in [0.15, 0.2) is 5.38 Å². The van der Waals surface area contributed by atoms with E-state index in [1.54, 1.807) is 5.38 Å². The van der Waals surface area contributed by atoms with Crippen LogP contribution in [0.5, 0.6) is 0 Å². The number of carboxylic acids is 1. The Kier molecular flexibility index (Phi) is 4.54. The number of rotatable bonds is 5. The van der Waals surface area contributed by atoms with Crippen LogP contribution >= 0.6 is 11.3 Å². The molecule has 5 nitrogen and oxygen atoms in total. The molecule has 19 heavy (non-hydrogen) atoms. The van der Waals surface area contributed by atoms with Gasteiger partial charge in [0, 0.05) is 17.5 Å². The Bertz CT molecular complexity index is 439. The van der Waals surface area contributed by atoms with Gasteiger partial charge in [-0.2, -0.15) is 0 Å². The van der Waals surface area contributed by atoms with Gasteiger partial charge in [0.2, 0.25) is 5.01 Å². The minimum atomic E-state index is -0.986. The van der Waals surface area contributed by atoms with E-state index in [9.17, 15) is 9.90 Å². The number of carbonyl (C=O) groups is 1. The Morgan fingerprint density at radius 3 is 2.79 bits per heavy atom. The quantitative estimate of drug-likeness (QED) is 0.769. The van der Waals surface area contributed by atoms with E-state index in [1.807, 2.05) is 0 Å². The predicted octanol–water partition coefficient (Wildman–Crippen LogP) is 1.87. The van der Waals surface area contributed by atoms with Crippen molar-refractivity contribution in [1.29, 1.82) is 0 Å². The van der Waals surface area contributed by atoms with Gasteiger partial charge in [0.15, 0.2) is 0 Å². The standard InChI is InChI=1S/C13H20N2O3S/c1-9-2-4-13(8-16,5-3-9)14-6-10-7-19-11(15-10)12(17)18/h7,9,14,16H,2-6,8H2,1H3,(H,17,18). The highest BCUT2D eigenvalue weighted by Crippen LogP contribution is 2.31. The molecule has 6 heteroatoms. The molecule has 1 fully saturated rings. The zero-order valence-corrected chi connectivity index (χ0v) is 11.9. The van der Waals surface area contributed by atoms with Crippen LogP contribution in [0.25, 0.3) is 0 Å². The first-order valence-corrected chi connectivity index (χ1v) is 7.46. The summed E-state index contributed by atoms with van der Waals surface area (Å²) in [7, 11) is 0. The molecule has 0 atom stereocenters. The molecule has 1 saturated carbocycles. The minimum absolute atomic E-state index is 0.118. The predicted molar refractivity (Wildman–Crippen MR) is 73.4 cm³/mol. The summed E-state index contributed by atoms with van der Waals surface area (Å²) in [6.07, 6.45) is 4.15. The molecule has 1 aliphatic carbocycles. The van der Waals surface area contributed by atoms with Gasteiger partial charge in [-0.1, -0.05) is 6.92 Å². The van der Waals surface area contributed by atoms with Crippen molar-refractivity contribution in [2.75, 3.05) is 6.61 Å². The van der Waals surface area contributed by atoms with Crippen LogP contribution in [-0.2, 0) is 6.54 Å². The molecule has 1 aliphatic rings. The van der Waals surface area contributed by atoms with Crippen LogP contribution in [0, 0.1) is 5.92 Å². The van der Waals surface area contributed by atoms with Gasteiger partial charge in [0.1, 0.15) is 0 Å². The van der Waals surface area contributed by atoms with Gasteiger partial charge in [-0.3, -0.25) is 0 Å². The number of carboxylic acid groups (broad SMARTS) is 1. The molecule has 0 aliphatic heterocycles. The number of aliphatic hydroxyl groups excluding tert-OH is 1. The van der Waals surface area contributed by atoms with Crippen molar-refractivity contribution in [3.63, 3.8) is 0 Å². The molecule has 1 heterocycles. The van der Waals surface area contributed by atoms with E-state index in [2.05, 4.69) is 17.2 Å². The summed E-state index contributed by atoms with van der Waals surface area (Å²) in [5.74, 6) is -0.265. The number of thiazole rings is 1. The third kappa shape index (κ3) is 3.52. The van der Waals surface area contributed by atoms with E-state index in [-0.39, 0.29) is 17.2 Å². The molecule has 0 saturated heterocycles. The van der Waals surface area contributed by atoms with Crippen molar-refractivity contribution in [2.24, 2.45) is 5.92 Å². The topological polar surface area (TPSA) is 82.5 Å². The summed E-state index contributed by atoms with van der Waals surface area (Å²) in [5.41, 5.74) is 0.508. The van der Waals surface area contributed by atoms with E-state index in [0.717, 1.165) is 48.6 Å². The Morgan fingerprint density at radius 1 is 1.58 bits per heavy atom. The molecule has 0 amide bonds. The largest absolute Gasteiger partial charge is 0.476 e. The molecular formula is C13H20N2O3S. The van der Waals surface area contributed by atoms with Crippen LogP contribution in [0.2, 0.25) is 0 Å². The summed E-state index contributed by atoms with van der Waals surface area (Å²) in [6.45, 7) is 2.87. The average molecular weight is 284 g/mol. The molecule has 0 unspecified atom stereocenters. The lowest BCUT2D eigenvalue weighted by atomic mass is 9.77. The highest BCUT2D eigenvalue weighted by atomic mass is 32.1. The summed E-state index contributed by atoms with van der Waals surface area (Å²) in [6, 6.07) is 0. The lowest BCUT2D eigenvalue weighted by Crippen LogP contribution is -2.50. The van der Waals surface area contributed by atoms with Gasteiger partial charge >= 0.3 is 5.97 Å². The Morgan fingerprint density at radius 2 is 2.26 bits per heavy atom. The Hall–Kier alpha value is -0.980. The zero-order chi connectivity index (χ0) is 13.9. The second kappa shape index (κ2) is 5.98. The SMILES string of the molecule is CC1CCC(CO)(NCc2csc(C(=O)O)n2)CC1. The number of nitrogens with one attached hydrogen (secondary N) is 1. The van der Waals surface area contributed by atoms with Crippen molar-refractivity contribution >= 4 is 17.3 Å². The smallest absolute Gasteiger partial charge is 0.365 e. The van der Waals surface area contributed by atoms with Crippen LogP contribution < -0.4 is 5.32 Å². The van der Waals surface area contributed by atoms with E-state index in [0.29, 0.717) is 6.54 Å². The van der Waals surface area contributed by atoms with Crippen molar-refractivity contribution in [1.82, 2.24) is 10.3 Å². The molecule has 0 bridgehead atoms. The highest BCUT2D eigenvalue weighted by Gasteiger charge is 2.33. The van der Waals surface area contributed by atoms with E-state index < -0.39 is 5.97 Å². The fourth-order valence-electron chi connectivity index (χ4n) is 2.47. The van der Waals surface area contributed by atoms with Gasteiger partial charge in [0.25, 0.3) is 0 Å². The molecule has 1 aromatic heterocycles. The maximum absolute atomic E-state index is 10.8. The number of aromatic carboxylic acids is 1. The monoisotopic (exact) mass is 284 g/mol. The van der Waals surface area contributed by atoms with Crippen molar-refractivity contribution in [3.05, 3.63) is 16.1 Å². The van der Waals surface area contributed by atoms with E-state index in [1.165, 1.54) is 0 Å². The van der Waals surface area contributed by atoms with Crippen LogP contribution in [0.1, 0.15) is 48.1 Å². The molecular weight excluding hydrogens is 264 g/mol. The summed E-state index contributed by atoms with van der Waals surface area (Å²) in [4.78, 5) is 14.8.